The normalized spacial score (nSPS) is 11.2. The maximum Gasteiger partial charge on any atom is 0.194 e. The summed E-state index contributed by atoms with van der Waals surface area (Å²) < 4.78 is 7.41. The monoisotopic (exact) mass is 551 g/mol. The highest BCUT2D eigenvalue weighted by atomic mass is 127. The van der Waals surface area contributed by atoms with E-state index in [1.165, 1.54) is 5.69 Å². The van der Waals surface area contributed by atoms with E-state index in [9.17, 15) is 0 Å². The number of hydrogen-bond donors (Lipinski definition) is 1. The highest BCUT2D eigenvalue weighted by molar-refractivity contribution is 14.0. The van der Waals surface area contributed by atoms with Crippen LogP contribution in [0.1, 0.15) is 29.4 Å². The Morgan fingerprint density at radius 3 is 2.50 bits per heavy atom. The van der Waals surface area contributed by atoms with E-state index in [2.05, 4.69) is 56.6 Å². The summed E-state index contributed by atoms with van der Waals surface area (Å²) in [6.45, 7) is 6.89. The Labute approximate surface area is 207 Å². The summed E-state index contributed by atoms with van der Waals surface area (Å²) >= 11 is 0. The van der Waals surface area contributed by atoms with Crippen molar-refractivity contribution >= 4 is 35.6 Å². The number of anilines is 1. The number of hydrogen-bond acceptors (Lipinski definition) is 5. The predicted octanol–water partition coefficient (Wildman–Crippen LogP) is 3.75. The summed E-state index contributed by atoms with van der Waals surface area (Å²) in [5.41, 5.74) is 2.37. The van der Waals surface area contributed by atoms with E-state index in [-0.39, 0.29) is 24.0 Å². The van der Waals surface area contributed by atoms with Crippen molar-refractivity contribution < 1.29 is 4.42 Å². The van der Waals surface area contributed by atoms with E-state index in [1.54, 1.807) is 6.26 Å². The molecule has 32 heavy (non-hydrogen) atoms. The van der Waals surface area contributed by atoms with Crippen LogP contribution in [0.25, 0.3) is 0 Å². The minimum Gasteiger partial charge on any atom is -0.469 e. The fourth-order valence-electron chi connectivity index (χ4n) is 3.28. The first kappa shape index (κ1) is 25.7. The zero-order chi connectivity index (χ0) is 22.2. The quantitative estimate of drug-likeness (QED) is 0.189. The zero-order valence-corrected chi connectivity index (χ0v) is 21.9. The lowest BCUT2D eigenvalue weighted by Gasteiger charge is -2.23. The number of aliphatic imine (C=N–C) groups is 1. The maximum absolute atomic E-state index is 5.45. The van der Waals surface area contributed by atoms with Crippen LogP contribution in [0, 0.1) is 13.8 Å². The topological polar surface area (TPSA) is 74.7 Å². The van der Waals surface area contributed by atoms with Gasteiger partial charge in [0.1, 0.15) is 18.1 Å². The number of halogens is 1. The molecule has 2 heterocycles. The number of rotatable bonds is 9. The lowest BCUT2D eigenvalue weighted by Crippen LogP contribution is -2.40. The van der Waals surface area contributed by atoms with Crippen molar-refractivity contribution in [1.29, 1.82) is 0 Å². The van der Waals surface area contributed by atoms with Crippen molar-refractivity contribution in [3.63, 3.8) is 0 Å². The summed E-state index contributed by atoms with van der Waals surface area (Å²) in [5, 5.41) is 11.9. The first-order chi connectivity index (χ1) is 15.0. The summed E-state index contributed by atoms with van der Waals surface area (Å²) in [7, 11) is 6.12. The molecule has 3 rings (SSSR count). The first-order valence-corrected chi connectivity index (χ1v) is 10.6. The number of aryl methyl sites for hydroxylation is 2. The number of aromatic nitrogens is 3. The Kier molecular flexibility index (Phi) is 10.0. The van der Waals surface area contributed by atoms with Crippen molar-refractivity contribution in [1.82, 2.24) is 25.0 Å². The third-order valence-electron chi connectivity index (χ3n) is 5.44. The van der Waals surface area contributed by atoms with Gasteiger partial charge in [-0.1, -0.05) is 18.2 Å². The van der Waals surface area contributed by atoms with Crippen LogP contribution < -0.4 is 10.2 Å². The van der Waals surface area contributed by atoms with Crippen LogP contribution in [0.2, 0.25) is 0 Å². The second-order valence-corrected chi connectivity index (χ2v) is 7.76. The largest absolute Gasteiger partial charge is 0.469 e. The van der Waals surface area contributed by atoms with Gasteiger partial charge in [-0.05, 0) is 38.5 Å². The van der Waals surface area contributed by atoms with E-state index in [0.717, 1.165) is 55.0 Å². The van der Waals surface area contributed by atoms with Crippen LogP contribution in [0.4, 0.5) is 5.69 Å². The lowest BCUT2D eigenvalue weighted by molar-refractivity contribution is 0.461. The van der Waals surface area contributed by atoms with Crippen molar-refractivity contribution in [2.75, 3.05) is 32.1 Å². The van der Waals surface area contributed by atoms with Gasteiger partial charge in [0.2, 0.25) is 0 Å². The molecule has 0 radical (unpaired) electrons. The average molecular weight is 551 g/mol. The van der Waals surface area contributed by atoms with E-state index in [1.807, 2.05) is 44.6 Å². The third-order valence-corrected chi connectivity index (χ3v) is 5.44. The molecule has 0 atom stereocenters. The molecule has 0 aliphatic heterocycles. The standard InChI is InChI=1S/C23H33N7O.HI/c1-18-20(12-15-31-18)17-29(4)23(25-16-22-27-26-19(2)30(22)5)24-13-9-14-28(3)21-10-7-6-8-11-21;/h6-8,10-12,15H,9,13-14,16-17H2,1-5H3,(H,24,25);1H. The highest BCUT2D eigenvalue weighted by Gasteiger charge is 2.12. The van der Waals surface area contributed by atoms with Crippen LogP contribution in [0.5, 0.6) is 0 Å². The molecule has 0 fully saturated rings. The molecule has 3 aromatic rings. The molecule has 9 heteroatoms. The Morgan fingerprint density at radius 1 is 1.12 bits per heavy atom. The predicted molar refractivity (Wildman–Crippen MR) is 140 cm³/mol. The number of furan rings is 1. The number of para-hydroxylation sites is 1. The molecule has 0 saturated carbocycles. The van der Waals surface area contributed by atoms with Gasteiger partial charge in [0, 0.05) is 52.0 Å². The molecule has 0 amide bonds. The van der Waals surface area contributed by atoms with Gasteiger partial charge in [0.15, 0.2) is 11.8 Å². The van der Waals surface area contributed by atoms with Crippen molar-refractivity contribution in [3.8, 4) is 0 Å². The number of nitrogens with zero attached hydrogens (tertiary/aromatic N) is 6. The van der Waals surface area contributed by atoms with Crippen molar-refractivity contribution in [3.05, 3.63) is 65.6 Å². The highest BCUT2D eigenvalue weighted by Crippen LogP contribution is 2.12. The van der Waals surface area contributed by atoms with E-state index in [0.29, 0.717) is 6.54 Å². The molecule has 0 saturated heterocycles. The molecule has 0 aliphatic carbocycles. The van der Waals surface area contributed by atoms with E-state index in [4.69, 9.17) is 9.41 Å². The Hall–Kier alpha value is -2.56. The zero-order valence-electron chi connectivity index (χ0n) is 19.6. The number of guanidine groups is 1. The molecular formula is C23H34IN7O. The van der Waals surface area contributed by atoms with Crippen molar-refractivity contribution in [2.24, 2.45) is 12.0 Å². The smallest absolute Gasteiger partial charge is 0.194 e. The molecule has 2 aromatic heterocycles. The molecule has 1 aromatic carbocycles. The molecule has 1 N–H and O–H groups in total. The number of nitrogens with one attached hydrogen (secondary N) is 1. The second kappa shape index (κ2) is 12.5. The molecule has 0 unspecified atom stereocenters. The van der Waals surface area contributed by atoms with Gasteiger partial charge in [0.05, 0.1) is 6.26 Å². The van der Waals surface area contributed by atoms with Gasteiger partial charge in [-0.15, -0.1) is 34.2 Å². The minimum atomic E-state index is 0. The van der Waals surface area contributed by atoms with Gasteiger partial charge in [0.25, 0.3) is 0 Å². The van der Waals surface area contributed by atoms with Gasteiger partial charge < -0.3 is 24.1 Å². The molecule has 0 aliphatic rings. The van der Waals surface area contributed by atoms with Crippen LogP contribution in [-0.2, 0) is 20.1 Å². The summed E-state index contributed by atoms with van der Waals surface area (Å²) in [4.78, 5) is 9.19. The van der Waals surface area contributed by atoms with Crippen molar-refractivity contribution in [2.45, 2.75) is 33.4 Å². The molecular weight excluding hydrogens is 517 g/mol. The first-order valence-electron chi connectivity index (χ1n) is 10.6. The molecule has 0 spiro atoms. The fraction of sp³-hybridized carbons (Fsp3) is 0.435. The second-order valence-electron chi connectivity index (χ2n) is 7.76. The fourth-order valence-corrected chi connectivity index (χ4v) is 3.28. The molecule has 174 valence electrons. The summed E-state index contributed by atoms with van der Waals surface area (Å²) in [6.07, 6.45) is 2.72. The summed E-state index contributed by atoms with van der Waals surface area (Å²) in [6, 6.07) is 12.4. The maximum atomic E-state index is 5.45. The van der Waals surface area contributed by atoms with Crippen LogP contribution >= 0.6 is 24.0 Å². The minimum absolute atomic E-state index is 0. The SMILES string of the molecule is Cc1occc1CN(C)C(=NCc1nnc(C)n1C)NCCCN(C)c1ccccc1.I. The molecule has 0 bridgehead atoms. The molecule has 8 nitrogen and oxygen atoms in total. The Bertz CT molecular complexity index is 983. The Morgan fingerprint density at radius 2 is 1.88 bits per heavy atom. The third kappa shape index (κ3) is 6.98. The van der Waals surface area contributed by atoms with Gasteiger partial charge in [-0.3, -0.25) is 0 Å². The van der Waals surface area contributed by atoms with Gasteiger partial charge >= 0.3 is 0 Å². The average Bonchev–Trinajstić information content (AvgIpc) is 3.32. The number of benzene rings is 1. The Balaban J connectivity index is 0.00000363. The van der Waals surface area contributed by atoms with Gasteiger partial charge in [-0.2, -0.15) is 0 Å². The van der Waals surface area contributed by atoms with Gasteiger partial charge in [-0.25, -0.2) is 4.99 Å². The van der Waals surface area contributed by atoms with E-state index >= 15 is 0 Å². The summed E-state index contributed by atoms with van der Waals surface area (Å²) in [5.74, 6) is 3.49. The lowest BCUT2D eigenvalue weighted by atomic mass is 10.2. The van der Waals surface area contributed by atoms with Crippen LogP contribution in [-0.4, -0.2) is 52.8 Å². The van der Waals surface area contributed by atoms with E-state index < -0.39 is 0 Å². The van der Waals surface area contributed by atoms with Crippen LogP contribution in [0.15, 0.2) is 52.1 Å². The van der Waals surface area contributed by atoms with Crippen LogP contribution in [0.3, 0.4) is 0 Å².